The molecule has 4 heteroatoms. The molecular weight excluding hydrogens is 192 g/mol. The van der Waals surface area contributed by atoms with Gasteiger partial charge >= 0.3 is 5.97 Å². The molecule has 84 valence electrons. The van der Waals surface area contributed by atoms with E-state index in [1.165, 1.54) is 5.01 Å². The molecule has 4 nitrogen and oxygen atoms in total. The highest BCUT2D eigenvalue weighted by atomic mass is 16.5. The summed E-state index contributed by atoms with van der Waals surface area (Å²) in [5.74, 6) is -0.327. The van der Waals surface area contributed by atoms with Crippen molar-refractivity contribution in [1.29, 1.82) is 0 Å². The molecule has 0 aromatic heterocycles. The predicted octanol–water partition coefficient (Wildman–Crippen LogP) is 1.95. The van der Waals surface area contributed by atoms with Gasteiger partial charge < -0.3 is 4.74 Å². The number of hydrazone groups is 1. The molecule has 0 aliphatic rings. The Morgan fingerprint density at radius 2 is 2.27 bits per heavy atom. The van der Waals surface area contributed by atoms with Gasteiger partial charge in [-0.05, 0) is 13.8 Å². The first-order valence-corrected chi connectivity index (χ1v) is 4.84. The Morgan fingerprint density at radius 3 is 2.73 bits per heavy atom. The molecule has 0 fully saturated rings. The summed E-state index contributed by atoms with van der Waals surface area (Å²) in [4.78, 5) is 11.2. The van der Waals surface area contributed by atoms with Gasteiger partial charge in [-0.25, -0.2) is 0 Å². The smallest absolute Gasteiger partial charge is 0.327 e. The molecule has 0 radical (unpaired) electrons. The van der Waals surface area contributed by atoms with Crippen LogP contribution in [-0.4, -0.2) is 30.8 Å². The van der Waals surface area contributed by atoms with E-state index in [0.29, 0.717) is 13.0 Å². The van der Waals surface area contributed by atoms with Gasteiger partial charge in [0, 0.05) is 18.8 Å². The molecule has 0 unspecified atom stereocenters. The Balaban J connectivity index is 4.17. The van der Waals surface area contributed by atoms with Crippen molar-refractivity contribution in [2.45, 2.75) is 20.3 Å². The fourth-order valence-corrected chi connectivity index (χ4v) is 0.950. The Kier molecular flexibility index (Phi) is 6.97. The van der Waals surface area contributed by atoms with E-state index in [9.17, 15) is 4.79 Å². The van der Waals surface area contributed by atoms with Gasteiger partial charge in [-0.15, -0.1) is 0 Å². The highest BCUT2D eigenvalue weighted by molar-refractivity contribution is 5.71. The van der Waals surface area contributed by atoms with Crippen molar-refractivity contribution in [2.75, 3.05) is 13.2 Å². The van der Waals surface area contributed by atoms with E-state index in [1.54, 1.807) is 6.92 Å². The molecule has 0 saturated carbocycles. The number of rotatable bonds is 7. The first-order valence-electron chi connectivity index (χ1n) is 4.84. The van der Waals surface area contributed by atoms with Crippen LogP contribution in [0.4, 0.5) is 0 Å². The van der Waals surface area contributed by atoms with Gasteiger partial charge in [0.15, 0.2) is 0 Å². The summed E-state index contributed by atoms with van der Waals surface area (Å²) in [5.41, 5.74) is 0.719. The summed E-state index contributed by atoms with van der Waals surface area (Å²) in [6.07, 6.45) is 4.50. The minimum Gasteiger partial charge on any atom is -0.465 e. The maximum atomic E-state index is 11.2. The predicted molar refractivity (Wildman–Crippen MR) is 61.5 cm³/mol. The summed E-state index contributed by atoms with van der Waals surface area (Å²) in [7, 11) is 0. The monoisotopic (exact) mass is 210 g/mol. The van der Waals surface area contributed by atoms with Crippen LogP contribution in [0, 0.1) is 0 Å². The Bertz CT molecular complexity index is 259. The lowest BCUT2D eigenvalue weighted by Gasteiger charge is -2.18. The van der Waals surface area contributed by atoms with Crippen LogP contribution < -0.4 is 0 Å². The summed E-state index contributed by atoms with van der Waals surface area (Å²) >= 11 is 0. The standard InChI is InChI=1S/C11H18N2O2/c1-5-7-8-10(3)13(12-4)9-11(14)15-6-2/h5,7H,3-4,6,8-9H2,1-2H3/b7-5-. The SMILES string of the molecule is C=NN(CC(=O)OCC)C(=C)C/C=C\C. The highest BCUT2D eigenvalue weighted by Crippen LogP contribution is 2.07. The van der Waals surface area contributed by atoms with Crippen molar-refractivity contribution in [3.63, 3.8) is 0 Å². The molecule has 15 heavy (non-hydrogen) atoms. The van der Waals surface area contributed by atoms with Crippen molar-refractivity contribution in [2.24, 2.45) is 5.10 Å². The molecular formula is C11H18N2O2. The summed E-state index contributed by atoms with van der Waals surface area (Å²) in [6, 6.07) is 0. The van der Waals surface area contributed by atoms with Crippen LogP contribution in [0.3, 0.4) is 0 Å². The Labute approximate surface area is 90.9 Å². The van der Waals surface area contributed by atoms with Crippen molar-refractivity contribution in [1.82, 2.24) is 5.01 Å². The van der Waals surface area contributed by atoms with Crippen molar-refractivity contribution >= 4 is 12.7 Å². The number of hydrogen-bond donors (Lipinski definition) is 0. The molecule has 0 N–H and O–H groups in total. The number of carbonyl (C=O) groups is 1. The molecule has 0 aliphatic heterocycles. The third-order valence-electron chi connectivity index (χ3n) is 1.71. The number of carbonyl (C=O) groups excluding carboxylic acids is 1. The van der Waals surface area contributed by atoms with Crippen LogP contribution in [0.25, 0.3) is 0 Å². The zero-order chi connectivity index (χ0) is 11.7. The van der Waals surface area contributed by atoms with Gasteiger partial charge in [0.1, 0.15) is 6.54 Å². The lowest BCUT2D eigenvalue weighted by molar-refractivity contribution is -0.143. The van der Waals surface area contributed by atoms with Crippen LogP contribution in [0.2, 0.25) is 0 Å². The number of hydrogen-bond acceptors (Lipinski definition) is 4. The van der Waals surface area contributed by atoms with Gasteiger partial charge in [0.25, 0.3) is 0 Å². The zero-order valence-corrected chi connectivity index (χ0v) is 9.40. The molecule has 0 atom stereocenters. The minimum absolute atomic E-state index is 0.0632. The number of allylic oxidation sites excluding steroid dienone is 2. The third-order valence-corrected chi connectivity index (χ3v) is 1.71. The maximum Gasteiger partial charge on any atom is 0.327 e. The summed E-state index contributed by atoms with van der Waals surface area (Å²) in [5, 5.41) is 5.15. The number of ether oxygens (including phenoxy) is 1. The average molecular weight is 210 g/mol. The van der Waals surface area contributed by atoms with Crippen LogP contribution in [0.5, 0.6) is 0 Å². The van der Waals surface area contributed by atoms with E-state index >= 15 is 0 Å². The van der Waals surface area contributed by atoms with Crippen molar-refractivity contribution < 1.29 is 9.53 Å². The van der Waals surface area contributed by atoms with Gasteiger partial charge in [-0.3, -0.25) is 9.80 Å². The van der Waals surface area contributed by atoms with E-state index < -0.39 is 0 Å². The quantitative estimate of drug-likeness (QED) is 0.279. The zero-order valence-electron chi connectivity index (χ0n) is 9.40. The molecule has 0 heterocycles. The number of esters is 1. The molecule has 0 aromatic carbocycles. The van der Waals surface area contributed by atoms with Gasteiger partial charge in [0.2, 0.25) is 0 Å². The molecule has 0 saturated heterocycles. The lowest BCUT2D eigenvalue weighted by Crippen LogP contribution is -2.25. The van der Waals surface area contributed by atoms with Gasteiger partial charge in [0.05, 0.1) is 6.61 Å². The topological polar surface area (TPSA) is 41.9 Å². The first kappa shape index (κ1) is 13.4. The van der Waals surface area contributed by atoms with Crippen LogP contribution >= 0.6 is 0 Å². The van der Waals surface area contributed by atoms with Crippen LogP contribution in [0.1, 0.15) is 20.3 Å². The van der Waals surface area contributed by atoms with Crippen molar-refractivity contribution in [3.05, 3.63) is 24.4 Å². The average Bonchev–Trinajstić information content (AvgIpc) is 2.22. The minimum atomic E-state index is -0.327. The molecule has 0 aromatic rings. The second-order valence-electron chi connectivity index (χ2n) is 2.84. The van der Waals surface area contributed by atoms with E-state index in [4.69, 9.17) is 4.74 Å². The maximum absolute atomic E-state index is 11.2. The normalized spacial score (nSPS) is 10.0. The lowest BCUT2D eigenvalue weighted by atomic mass is 10.3. The Hall–Kier alpha value is -1.58. The van der Waals surface area contributed by atoms with Crippen molar-refractivity contribution in [3.8, 4) is 0 Å². The summed E-state index contributed by atoms with van der Waals surface area (Å²) in [6.45, 7) is 11.3. The second-order valence-corrected chi connectivity index (χ2v) is 2.84. The third kappa shape index (κ3) is 5.67. The molecule has 0 aliphatic carbocycles. The highest BCUT2D eigenvalue weighted by Gasteiger charge is 2.10. The molecule has 0 bridgehead atoms. The Morgan fingerprint density at radius 1 is 1.60 bits per heavy atom. The fraction of sp³-hybridized carbons (Fsp3) is 0.455. The molecule has 0 amide bonds. The van der Waals surface area contributed by atoms with E-state index in [-0.39, 0.29) is 12.5 Å². The van der Waals surface area contributed by atoms with E-state index in [2.05, 4.69) is 18.4 Å². The molecule has 0 rings (SSSR count). The first-order chi connectivity index (χ1) is 7.15. The van der Waals surface area contributed by atoms with E-state index in [1.807, 2.05) is 19.1 Å². The molecule has 0 spiro atoms. The van der Waals surface area contributed by atoms with Gasteiger partial charge in [-0.1, -0.05) is 18.7 Å². The van der Waals surface area contributed by atoms with Gasteiger partial charge in [-0.2, -0.15) is 5.10 Å². The second kappa shape index (κ2) is 7.79. The van der Waals surface area contributed by atoms with E-state index in [0.717, 1.165) is 5.70 Å². The fourth-order valence-electron chi connectivity index (χ4n) is 0.950. The van der Waals surface area contributed by atoms with Crippen LogP contribution in [0.15, 0.2) is 29.5 Å². The number of nitrogens with zero attached hydrogens (tertiary/aromatic N) is 2. The van der Waals surface area contributed by atoms with Crippen LogP contribution in [-0.2, 0) is 9.53 Å². The summed E-state index contributed by atoms with van der Waals surface area (Å²) < 4.78 is 4.80. The largest absolute Gasteiger partial charge is 0.465 e.